The second-order valence-corrected chi connectivity index (χ2v) is 7.48. The molecule has 1 aromatic carbocycles. The summed E-state index contributed by atoms with van der Waals surface area (Å²) in [6, 6.07) is 7.90. The Hall–Kier alpha value is -2.36. The van der Waals surface area contributed by atoms with Gasteiger partial charge >= 0.3 is 0 Å². The highest BCUT2D eigenvalue weighted by atomic mass is 32.1. The van der Waals surface area contributed by atoms with Gasteiger partial charge in [0.1, 0.15) is 11.8 Å². The number of nitrogens with zero attached hydrogens (tertiary/aromatic N) is 2. The van der Waals surface area contributed by atoms with E-state index in [4.69, 9.17) is 21.7 Å². The van der Waals surface area contributed by atoms with Crippen molar-refractivity contribution in [1.82, 2.24) is 10.2 Å². The van der Waals surface area contributed by atoms with Crippen LogP contribution in [0.3, 0.4) is 0 Å². The lowest BCUT2D eigenvalue weighted by Gasteiger charge is -2.32. The molecule has 8 nitrogen and oxygen atoms in total. The number of likely N-dealkylation sites (N-methyl/N-ethyl adjacent to an activating group) is 1. The number of carbonyl (C=O) groups is 2. The molecule has 0 saturated carbocycles. The molecule has 158 valence electrons. The summed E-state index contributed by atoms with van der Waals surface area (Å²) < 4.78 is 10.2. The molecule has 1 aliphatic rings. The van der Waals surface area contributed by atoms with Gasteiger partial charge in [-0.1, -0.05) is 0 Å². The third kappa shape index (κ3) is 5.59. The molecule has 1 unspecified atom stereocenters. The average molecular weight is 422 g/mol. The molecule has 2 N–H and O–H groups in total. The first kappa shape index (κ1) is 22.9. The zero-order valence-electron chi connectivity index (χ0n) is 17.5. The summed E-state index contributed by atoms with van der Waals surface area (Å²) in [4.78, 5) is 32.4. The monoisotopic (exact) mass is 421 g/mol. The van der Waals surface area contributed by atoms with Gasteiger partial charge < -0.3 is 19.7 Å². The van der Waals surface area contributed by atoms with Crippen molar-refractivity contribution in [3.8, 4) is 5.75 Å². The number of thiocarbonyl (C=S) groups is 1. The topological polar surface area (TPSA) is 84.7 Å². The van der Waals surface area contributed by atoms with Crippen LogP contribution in [0, 0.1) is 5.92 Å². The number of rotatable bonds is 9. The molecular weight excluding hydrogens is 392 g/mol. The fourth-order valence-corrected chi connectivity index (χ4v) is 3.44. The van der Waals surface area contributed by atoms with E-state index < -0.39 is 11.8 Å². The molecule has 2 rings (SSSR count). The molecule has 1 saturated heterocycles. The minimum Gasteiger partial charge on any atom is -0.497 e. The molecular formula is C20H29N4O4S+. The number of benzene rings is 1. The number of amides is 2. The average Bonchev–Trinajstić information content (AvgIpc) is 2.68. The molecule has 0 bridgehead atoms. The predicted molar refractivity (Wildman–Crippen MR) is 114 cm³/mol. The number of carbonyl (C=O) groups excluding carboxylic acids is 2. The van der Waals surface area contributed by atoms with E-state index in [1.165, 1.54) is 9.80 Å². The van der Waals surface area contributed by atoms with Crippen LogP contribution in [0.15, 0.2) is 29.3 Å². The summed E-state index contributed by atoms with van der Waals surface area (Å²) in [6.45, 7) is 2.77. The lowest BCUT2D eigenvalue weighted by molar-refractivity contribution is -0.890. The van der Waals surface area contributed by atoms with Gasteiger partial charge in [-0.2, -0.15) is 0 Å². The van der Waals surface area contributed by atoms with Gasteiger partial charge in [0.05, 0.1) is 40.9 Å². The largest absolute Gasteiger partial charge is 0.497 e. The van der Waals surface area contributed by atoms with E-state index in [-0.39, 0.29) is 23.6 Å². The molecule has 0 aliphatic carbocycles. The quantitative estimate of drug-likeness (QED) is 0.329. The van der Waals surface area contributed by atoms with E-state index in [9.17, 15) is 9.59 Å². The normalized spacial score (nSPS) is 18.8. The Bertz CT molecular complexity index is 779. The van der Waals surface area contributed by atoms with Gasteiger partial charge in [0.15, 0.2) is 11.0 Å². The second kappa shape index (κ2) is 10.4. The van der Waals surface area contributed by atoms with Gasteiger partial charge in [-0.25, -0.2) is 0 Å². The molecule has 1 fully saturated rings. The van der Waals surface area contributed by atoms with Crippen LogP contribution in [0.2, 0.25) is 0 Å². The highest BCUT2D eigenvalue weighted by Gasteiger charge is 2.40. The highest BCUT2D eigenvalue weighted by Crippen LogP contribution is 2.18. The predicted octanol–water partition coefficient (Wildman–Crippen LogP) is -0.152. The van der Waals surface area contributed by atoms with E-state index in [1.54, 1.807) is 21.1 Å². The maximum atomic E-state index is 12.8. The third-order valence-corrected chi connectivity index (χ3v) is 5.25. The zero-order chi connectivity index (χ0) is 21.6. The van der Waals surface area contributed by atoms with Gasteiger partial charge in [0.25, 0.3) is 0 Å². The van der Waals surface area contributed by atoms with Gasteiger partial charge in [0.2, 0.25) is 11.8 Å². The third-order valence-electron chi connectivity index (χ3n) is 4.93. The Kier molecular flexibility index (Phi) is 8.24. The number of nitrogens with one attached hydrogen (secondary N) is 2. The van der Waals surface area contributed by atoms with Crippen molar-refractivity contribution in [1.29, 1.82) is 0 Å². The molecule has 9 heteroatoms. The molecule has 1 heterocycles. The summed E-state index contributed by atoms with van der Waals surface area (Å²) in [5.41, 5.74) is 1.57. The van der Waals surface area contributed by atoms with E-state index in [1.807, 2.05) is 38.4 Å². The van der Waals surface area contributed by atoms with Crippen molar-refractivity contribution in [3.63, 3.8) is 0 Å². The lowest BCUT2D eigenvalue weighted by Crippen LogP contribution is -3.06. The highest BCUT2D eigenvalue weighted by molar-refractivity contribution is 7.80. The van der Waals surface area contributed by atoms with Crippen molar-refractivity contribution in [3.05, 3.63) is 29.8 Å². The van der Waals surface area contributed by atoms with Gasteiger partial charge in [-0.05, 0) is 43.4 Å². The fourth-order valence-electron chi connectivity index (χ4n) is 3.16. The summed E-state index contributed by atoms with van der Waals surface area (Å²) in [5, 5.41) is 2.70. The van der Waals surface area contributed by atoms with Crippen LogP contribution in [0.4, 0.5) is 0 Å². The smallest absolute Gasteiger partial charge is 0.247 e. The summed E-state index contributed by atoms with van der Waals surface area (Å²) >= 11 is 5.12. The molecule has 2 amide bonds. The molecule has 1 aliphatic heterocycles. The minimum atomic E-state index is -0.979. The first-order valence-corrected chi connectivity index (χ1v) is 9.81. The van der Waals surface area contributed by atoms with Crippen LogP contribution in [0.1, 0.15) is 18.5 Å². The standard InChI is InChI=1S/C20H28N4O4S/c1-13(17-18(25)22-20(29)24(19(17)26)10-11-27-4)21-12-16(23(2)3)14-6-8-15(28-5)9-7-14/h6-9,16-17H,10-12H2,1-5H3,(H,22,25,29)/p+1/t16-,17?/m0/s1. The minimum absolute atomic E-state index is 0.0725. The second-order valence-electron chi connectivity index (χ2n) is 7.10. The molecule has 1 aromatic rings. The number of hydrogen-bond donors (Lipinski definition) is 2. The van der Waals surface area contributed by atoms with Gasteiger partial charge in [-0.3, -0.25) is 19.5 Å². The van der Waals surface area contributed by atoms with E-state index in [0.29, 0.717) is 18.9 Å². The molecule has 0 spiro atoms. The Morgan fingerprint density at radius 2 is 1.93 bits per heavy atom. The van der Waals surface area contributed by atoms with Crippen molar-refractivity contribution >= 4 is 34.9 Å². The maximum absolute atomic E-state index is 12.8. The summed E-state index contributed by atoms with van der Waals surface area (Å²) in [6.07, 6.45) is 0. The van der Waals surface area contributed by atoms with Crippen molar-refractivity contribution < 1.29 is 24.0 Å². The zero-order valence-corrected chi connectivity index (χ0v) is 18.3. The first-order chi connectivity index (χ1) is 13.8. The molecule has 0 aromatic heterocycles. The van der Waals surface area contributed by atoms with Crippen molar-refractivity contribution in [2.45, 2.75) is 13.0 Å². The maximum Gasteiger partial charge on any atom is 0.247 e. The van der Waals surface area contributed by atoms with Crippen LogP contribution < -0.4 is 15.0 Å². The number of hydrogen-bond acceptors (Lipinski definition) is 6. The van der Waals surface area contributed by atoms with E-state index >= 15 is 0 Å². The van der Waals surface area contributed by atoms with Crippen molar-refractivity contribution in [2.24, 2.45) is 10.9 Å². The first-order valence-electron chi connectivity index (χ1n) is 9.40. The number of quaternary nitrogens is 1. The van der Waals surface area contributed by atoms with Crippen LogP contribution in [0.5, 0.6) is 5.75 Å². The van der Waals surface area contributed by atoms with Gasteiger partial charge in [0, 0.05) is 18.4 Å². The molecule has 29 heavy (non-hydrogen) atoms. The Morgan fingerprint density at radius 1 is 1.28 bits per heavy atom. The lowest BCUT2D eigenvalue weighted by atomic mass is 9.99. The van der Waals surface area contributed by atoms with Crippen LogP contribution in [-0.2, 0) is 14.3 Å². The van der Waals surface area contributed by atoms with Crippen molar-refractivity contribution in [2.75, 3.05) is 48.0 Å². The Morgan fingerprint density at radius 3 is 2.48 bits per heavy atom. The van der Waals surface area contributed by atoms with E-state index in [2.05, 4.69) is 10.3 Å². The molecule has 2 atom stereocenters. The molecule has 0 radical (unpaired) electrons. The summed E-state index contributed by atoms with van der Waals surface area (Å²) in [7, 11) is 7.26. The number of methoxy groups -OCH3 is 2. The Labute approximate surface area is 176 Å². The summed E-state index contributed by atoms with van der Waals surface area (Å²) in [5.74, 6) is -0.992. The van der Waals surface area contributed by atoms with Crippen LogP contribution >= 0.6 is 12.2 Å². The van der Waals surface area contributed by atoms with Gasteiger partial charge in [-0.15, -0.1) is 0 Å². The van der Waals surface area contributed by atoms with Crippen LogP contribution in [-0.4, -0.2) is 75.5 Å². The Balaban J connectivity index is 2.18. The van der Waals surface area contributed by atoms with Crippen LogP contribution in [0.25, 0.3) is 0 Å². The number of ether oxygens (including phenoxy) is 2. The van der Waals surface area contributed by atoms with E-state index in [0.717, 1.165) is 11.3 Å². The number of aliphatic imine (C=N–C) groups is 1. The SMILES string of the molecule is COCCN1C(=O)C(C(C)=NC[C@@H](c2ccc(OC)cc2)[NH+](C)C)C(=O)NC1=S. The fraction of sp³-hybridized carbons (Fsp3) is 0.500.